The Labute approximate surface area is 113 Å². The zero-order valence-corrected chi connectivity index (χ0v) is 11.8. The van der Waals surface area contributed by atoms with Gasteiger partial charge in [-0.15, -0.1) is 0 Å². The van der Waals surface area contributed by atoms with Crippen LogP contribution >= 0.6 is 0 Å². The molecule has 2 rings (SSSR count). The molecule has 104 valence electrons. The van der Waals surface area contributed by atoms with E-state index in [1.807, 2.05) is 0 Å². The van der Waals surface area contributed by atoms with Crippen molar-refractivity contribution in [1.82, 2.24) is 0 Å². The molecule has 0 radical (unpaired) electrons. The van der Waals surface area contributed by atoms with Crippen molar-refractivity contribution in [3.8, 4) is 0 Å². The molecule has 1 heterocycles. The Morgan fingerprint density at radius 3 is 2.42 bits per heavy atom. The Morgan fingerprint density at radius 1 is 1.32 bits per heavy atom. The predicted octanol–water partition coefficient (Wildman–Crippen LogP) is 1.50. The number of carbonyl (C=O) groups excluding carboxylic acids is 1. The molecular weight excluding hydrogens is 266 g/mol. The van der Waals surface area contributed by atoms with E-state index in [0.717, 1.165) is 5.56 Å². The van der Waals surface area contributed by atoms with Gasteiger partial charge >= 0.3 is 5.97 Å². The van der Waals surface area contributed by atoms with Crippen LogP contribution in [-0.2, 0) is 19.6 Å². The molecule has 0 saturated carbocycles. The average Bonchev–Trinajstić information content (AvgIpc) is 2.77. The molecule has 1 unspecified atom stereocenters. The summed E-state index contributed by atoms with van der Waals surface area (Å²) in [4.78, 5) is 11.4. The summed E-state index contributed by atoms with van der Waals surface area (Å²) in [6.07, 6.45) is 0.655. The molecule has 0 N–H and O–H groups in total. The minimum absolute atomic E-state index is 0.202. The van der Waals surface area contributed by atoms with Gasteiger partial charge in [-0.2, -0.15) is 0 Å². The summed E-state index contributed by atoms with van der Waals surface area (Å²) in [5.74, 6) is -0.455. The van der Waals surface area contributed by atoms with Crippen molar-refractivity contribution < 1.29 is 17.9 Å². The van der Waals surface area contributed by atoms with Crippen molar-refractivity contribution >= 4 is 21.7 Å². The first-order chi connectivity index (χ1) is 8.95. The lowest BCUT2D eigenvalue weighted by molar-refractivity contribution is -0.141. The summed E-state index contributed by atoms with van der Waals surface area (Å²) in [5.41, 5.74) is 1.46. The van der Waals surface area contributed by atoms with Gasteiger partial charge in [-0.25, -0.2) is 8.42 Å². The largest absolute Gasteiger partial charge is 0.469 e. The number of rotatable bonds is 3. The highest BCUT2D eigenvalue weighted by Gasteiger charge is 2.28. The molecule has 1 fully saturated rings. The number of hydrogen-bond donors (Lipinski definition) is 0. The van der Waals surface area contributed by atoms with Crippen molar-refractivity contribution in [3.05, 3.63) is 29.8 Å². The van der Waals surface area contributed by atoms with Gasteiger partial charge < -0.3 is 4.74 Å². The molecule has 0 aromatic heterocycles. The maximum absolute atomic E-state index is 11.8. The lowest BCUT2D eigenvalue weighted by atomic mass is 10.0. The summed E-state index contributed by atoms with van der Waals surface area (Å²) < 4.78 is 29.7. The van der Waals surface area contributed by atoms with Gasteiger partial charge in [-0.1, -0.05) is 12.1 Å². The zero-order valence-electron chi connectivity index (χ0n) is 11.0. The third kappa shape index (κ3) is 2.73. The molecule has 0 bridgehead atoms. The highest BCUT2D eigenvalue weighted by molar-refractivity contribution is 7.93. The Hall–Kier alpha value is -1.56. The lowest BCUT2D eigenvalue weighted by Gasteiger charge is -2.18. The van der Waals surface area contributed by atoms with E-state index >= 15 is 0 Å². The van der Waals surface area contributed by atoms with E-state index < -0.39 is 10.0 Å². The van der Waals surface area contributed by atoms with Crippen LogP contribution in [0.3, 0.4) is 0 Å². The first-order valence-electron chi connectivity index (χ1n) is 6.14. The van der Waals surface area contributed by atoms with Crippen LogP contribution in [0.1, 0.15) is 24.8 Å². The fourth-order valence-corrected chi connectivity index (χ4v) is 3.74. The summed E-state index contributed by atoms with van der Waals surface area (Å²) >= 11 is 0. The normalized spacial score (nSPS) is 19.2. The van der Waals surface area contributed by atoms with E-state index in [-0.39, 0.29) is 17.6 Å². The van der Waals surface area contributed by atoms with Crippen molar-refractivity contribution in [1.29, 1.82) is 0 Å². The number of hydrogen-bond acceptors (Lipinski definition) is 4. The molecule has 1 aliphatic rings. The van der Waals surface area contributed by atoms with Crippen molar-refractivity contribution in [3.63, 3.8) is 0 Å². The fraction of sp³-hybridized carbons (Fsp3) is 0.462. The van der Waals surface area contributed by atoms with E-state index in [2.05, 4.69) is 4.74 Å². The molecule has 1 atom stereocenters. The molecule has 1 aromatic rings. The maximum atomic E-state index is 11.8. The van der Waals surface area contributed by atoms with Gasteiger partial charge in [0.05, 0.1) is 24.5 Å². The highest BCUT2D eigenvalue weighted by atomic mass is 32.2. The lowest BCUT2D eigenvalue weighted by Crippen LogP contribution is -2.25. The van der Waals surface area contributed by atoms with Crippen LogP contribution < -0.4 is 4.31 Å². The monoisotopic (exact) mass is 283 g/mol. The third-order valence-corrected chi connectivity index (χ3v) is 5.20. The van der Waals surface area contributed by atoms with Gasteiger partial charge in [-0.05, 0) is 31.0 Å². The number of sulfonamides is 1. The zero-order chi connectivity index (χ0) is 14.0. The van der Waals surface area contributed by atoms with Crippen LogP contribution in [0.15, 0.2) is 24.3 Å². The average molecular weight is 283 g/mol. The second-order valence-corrected chi connectivity index (χ2v) is 6.59. The summed E-state index contributed by atoms with van der Waals surface area (Å²) in [5, 5.41) is 0. The van der Waals surface area contributed by atoms with Crippen molar-refractivity contribution in [2.45, 2.75) is 19.3 Å². The standard InChI is InChI=1S/C13H17NO4S/c1-10(13(15)18-2)11-4-6-12(7-5-11)14-8-3-9-19(14,16)17/h4-7,10H,3,8-9H2,1-2H3. The molecule has 5 nitrogen and oxygen atoms in total. The Kier molecular flexibility index (Phi) is 3.80. The minimum atomic E-state index is -3.15. The molecular formula is C13H17NO4S. The predicted molar refractivity (Wildman–Crippen MR) is 72.6 cm³/mol. The van der Waals surface area contributed by atoms with E-state index in [1.165, 1.54) is 11.4 Å². The van der Waals surface area contributed by atoms with Crippen molar-refractivity contribution in [2.24, 2.45) is 0 Å². The minimum Gasteiger partial charge on any atom is -0.469 e. The van der Waals surface area contributed by atoms with E-state index in [1.54, 1.807) is 31.2 Å². The second kappa shape index (κ2) is 5.21. The van der Waals surface area contributed by atoms with Gasteiger partial charge in [0.25, 0.3) is 0 Å². The van der Waals surface area contributed by atoms with Gasteiger partial charge in [-0.3, -0.25) is 9.10 Å². The third-order valence-electron chi connectivity index (χ3n) is 3.34. The summed E-state index contributed by atoms with van der Waals surface area (Å²) in [6.45, 7) is 2.28. The topological polar surface area (TPSA) is 63.7 Å². The van der Waals surface area contributed by atoms with E-state index in [9.17, 15) is 13.2 Å². The van der Waals surface area contributed by atoms with Crippen LogP contribution in [0, 0.1) is 0 Å². The number of methoxy groups -OCH3 is 1. The number of carbonyl (C=O) groups is 1. The Bertz CT molecular complexity index is 565. The molecule has 1 aromatic carbocycles. The van der Waals surface area contributed by atoms with Crippen LogP contribution in [-0.4, -0.2) is 33.8 Å². The van der Waals surface area contributed by atoms with Gasteiger partial charge in [0.1, 0.15) is 0 Å². The number of esters is 1. The van der Waals surface area contributed by atoms with Gasteiger partial charge in [0, 0.05) is 6.54 Å². The summed E-state index contributed by atoms with van der Waals surface area (Å²) in [7, 11) is -1.80. The molecule has 0 aliphatic carbocycles. The number of ether oxygens (including phenoxy) is 1. The quantitative estimate of drug-likeness (QED) is 0.789. The molecule has 19 heavy (non-hydrogen) atoms. The number of nitrogens with zero attached hydrogens (tertiary/aromatic N) is 1. The first-order valence-corrected chi connectivity index (χ1v) is 7.75. The number of benzene rings is 1. The molecule has 0 amide bonds. The maximum Gasteiger partial charge on any atom is 0.312 e. The SMILES string of the molecule is COC(=O)C(C)c1ccc(N2CCCS2(=O)=O)cc1. The van der Waals surface area contributed by atoms with Gasteiger partial charge in [0.2, 0.25) is 10.0 Å². The van der Waals surface area contributed by atoms with Crippen LogP contribution in [0.5, 0.6) is 0 Å². The number of anilines is 1. The second-order valence-electron chi connectivity index (χ2n) is 4.58. The van der Waals surface area contributed by atoms with Crippen LogP contribution in [0.25, 0.3) is 0 Å². The highest BCUT2D eigenvalue weighted by Crippen LogP contribution is 2.26. The van der Waals surface area contributed by atoms with Crippen LogP contribution in [0.4, 0.5) is 5.69 Å². The molecule has 1 saturated heterocycles. The van der Waals surface area contributed by atoms with Gasteiger partial charge in [0.15, 0.2) is 0 Å². The first kappa shape index (κ1) is 13.9. The van der Waals surface area contributed by atoms with E-state index in [4.69, 9.17) is 0 Å². The fourth-order valence-electron chi connectivity index (χ4n) is 2.17. The Balaban J connectivity index is 2.22. The molecule has 6 heteroatoms. The van der Waals surface area contributed by atoms with Crippen molar-refractivity contribution in [2.75, 3.05) is 23.7 Å². The van der Waals surface area contributed by atoms with Crippen LogP contribution in [0.2, 0.25) is 0 Å². The molecule has 1 aliphatic heterocycles. The smallest absolute Gasteiger partial charge is 0.312 e. The Morgan fingerprint density at radius 2 is 1.95 bits per heavy atom. The summed E-state index contributed by atoms with van der Waals surface area (Å²) in [6, 6.07) is 7.00. The molecule has 0 spiro atoms. The van der Waals surface area contributed by atoms with E-state index in [0.29, 0.717) is 18.7 Å².